The van der Waals surface area contributed by atoms with E-state index >= 15 is 0 Å². The third-order valence-corrected chi connectivity index (χ3v) is 4.15. The Balaban J connectivity index is 2.33. The fourth-order valence-electron chi connectivity index (χ4n) is 3.31. The van der Waals surface area contributed by atoms with Crippen molar-refractivity contribution in [2.45, 2.75) is 52.4 Å². The van der Waals surface area contributed by atoms with Crippen molar-refractivity contribution in [1.29, 1.82) is 0 Å². The van der Waals surface area contributed by atoms with Gasteiger partial charge < -0.3 is 5.11 Å². The van der Waals surface area contributed by atoms with Crippen molar-refractivity contribution in [3.05, 3.63) is 11.1 Å². The summed E-state index contributed by atoms with van der Waals surface area (Å²) in [5.41, 5.74) is 3.73. The molecule has 0 fully saturated rings. The summed E-state index contributed by atoms with van der Waals surface area (Å²) in [5.74, 6) is 0.498. The third kappa shape index (κ3) is 1.63. The van der Waals surface area contributed by atoms with Crippen LogP contribution in [0.25, 0.3) is 0 Å². The third-order valence-electron chi connectivity index (χ3n) is 4.15. The largest absolute Gasteiger partial charge is 0.396 e. The van der Waals surface area contributed by atoms with E-state index in [9.17, 15) is 5.11 Å². The van der Waals surface area contributed by atoms with Crippen LogP contribution in [0, 0.1) is 11.3 Å². The van der Waals surface area contributed by atoms with Gasteiger partial charge in [0.15, 0.2) is 0 Å². The molecular weight excluding hydrogens is 172 g/mol. The van der Waals surface area contributed by atoms with Crippen molar-refractivity contribution in [1.82, 2.24) is 0 Å². The second-order valence-corrected chi connectivity index (χ2v) is 5.51. The van der Waals surface area contributed by atoms with Crippen LogP contribution in [0.4, 0.5) is 0 Å². The highest BCUT2D eigenvalue weighted by Crippen LogP contribution is 2.47. The summed E-state index contributed by atoms with van der Waals surface area (Å²) in [7, 11) is 0. The van der Waals surface area contributed by atoms with Crippen LogP contribution in [0.15, 0.2) is 11.1 Å². The number of hydrogen-bond acceptors (Lipinski definition) is 1. The molecule has 1 N–H and O–H groups in total. The standard InChI is InChI=1S/C13H22O/c1-13(2)8-4-6-11-10(9-14)5-3-7-12(11)13/h10,14H,3-9H2,1-2H3. The van der Waals surface area contributed by atoms with E-state index in [-0.39, 0.29) is 0 Å². The zero-order valence-corrected chi connectivity index (χ0v) is 9.47. The lowest BCUT2D eigenvalue weighted by Crippen LogP contribution is -2.28. The lowest BCUT2D eigenvalue weighted by Gasteiger charge is -2.40. The van der Waals surface area contributed by atoms with Gasteiger partial charge in [-0.25, -0.2) is 0 Å². The number of aliphatic hydroxyl groups excluding tert-OH is 1. The van der Waals surface area contributed by atoms with Crippen LogP contribution in [0.3, 0.4) is 0 Å². The first-order chi connectivity index (χ1) is 6.65. The van der Waals surface area contributed by atoms with E-state index in [1.807, 2.05) is 0 Å². The Morgan fingerprint density at radius 2 is 2.07 bits per heavy atom. The minimum Gasteiger partial charge on any atom is -0.396 e. The molecule has 0 saturated carbocycles. The first-order valence-corrected chi connectivity index (χ1v) is 5.98. The minimum atomic E-state index is 0.370. The Labute approximate surface area is 87.2 Å². The Hall–Kier alpha value is -0.300. The molecule has 1 nitrogen and oxygen atoms in total. The van der Waals surface area contributed by atoms with Gasteiger partial charge in [-0.05, 0) is 43.9 Å². The van der Waals surface area contributed by atoms with Gasteiger partial charge in [0.25, 0.3) is 0 Å². The maximum atomic E-state index is 9.37. The van der Waals surface area contributed by atoms with Crippen LogP contribution in [0.2, 0.25) is 0 Å². The molecule has 1 atom stereocenters. The monoisotopic (exact) mass is 194 g/mol. The Kier molecular flexibility index (Phi) is 2.70. The highest BCUT2D eigenvalue weighted by Gasteiger charge is 2.34. The van der Waals surface area contributed by atoms with Crippen LogP contribution in [-0.2, 0) is 0 Å². The van der Waals surface area contributed by atoms with Crippen LogP contribution in [-0.4, -0.2) is 11.7 Å². The van der Waals surface area contributed by atoms with E-state index in [0.717, 1.165) is 0 Å². The predicted octanol–water partition coefficient (Wildman–Crippen LogP) is 3.29. The highest BCUT2D eigenvalue weighted by atomic mass is 16.3. The zero-order chi connectivity index (χ0) is 10.2. The maximum Gasteiger partial charge on any atom is 0.0496 e. The average Bonchev–Trinajstić information content (AvgIpc) is 2.17. The number of hydrogen-bond donors (Lipinski definition) is 1. The molecule has 0 heterocycles. The van der Waals surface area contributed by atoms with Gasteiger partial charge in [0.2, 0.25) is 0 Å². The molecule has 0 bridgehead atoms. The van der Waals surface area contributed by atoms with E-state index < -0.39 is 0 Å². The van der Waals surface area contributed by atoms with Gasteiger partial charge in [-0.2, -0.15) is 0 Å². The molecule has 0 radical (unpaired) electrons. The Morgan fingerprint density at radius 1 is 1.29 bits per heavy atom. The summed E-state index contributed by atoms with van der Waals surface area (Å²) < 4.78 is 0. The van der Waals surface area contributed by atoms with Gasteiger partial charge in [0.1, 0.15) is 0 Å². The lowest BCUT2D eigenvalue weighted by atomic mass is 9.65. The van der Waals surface area contributed by atoms with Crippen molar-refractivity contribution in [3.63, 3.8) is 0 Å². The Morgan fingerprint density at radius 3 is 2.79 bits per heavy atom. The molecule has 0 aromatic heterocycles. The molecule has 1 heteroatoms. The second kappa shape index (κ2) is 3.69. The molecule has 2 aliphatic rings. The minimum absolute atomic E-state index is 0.370. The van der Waals surface area contributed by atoms with E-state index in [1.165, 1.54) is 38.5 Å². The van der Waals surface area contributed by atoms with E-state index in [4.69, 9.17) is 0 Å². The molecule has 0 aromatic carbocycles. The quantitative estimate of drug-likeness (QED) is 0.635. The summed E-state index contributed by atoms with van der Waals surface area (Å²) in [6, 6.07) is 0. The van der Waals surface area contributed by atoms with Gasteiger partial charge in [0.05, 0.1) is 0 Å². The van der Waals surface area contributed by atoms with Crippen molar-refractivity contribution in [3.8, 4) is 0 Å². The predicted molar refractivity (Wildman–Crippen MR) is 59.1 cm³/mol. The topological polar surface area (TPSA) is 20.2 Å². The average molecular weight is 194 g/mol. The van der Waals surface area contributed by atoms with Crippen molar-refractivity contribution < 1.29 is 5.11 Å². The first kappa shape index (κ1) is 10.2. The second-order valence-electron chi connectivity index (χ2n) is 5.51. The number of aliphatic hydroxyl groups is 1. The van der Waals surface area contributed by atoms with E-state index in [1.54, 1.807) is 11.1 Å². The molecule has 0 saturated heterocycles. The highest BCUT2D eigenvalue weighted by molar-refractivity contribution is 5.28. The molecule has 14 heavy (non-hydrogen) atoms. The normalized spacial score (nSPS) is 31.5. The van der Waals surface area contributed by atoms with Gasteiger partial charge in [-0.15, -0.1) is 0 Å². The summed E-state index contributed by atoms with van der Waals surface area (Å²) in [6.07, 6.45) is 7.70. The van der Waals surface area contributed by atoms with Crippen molar-refractivity contribution in [2.75, 3.05) is 6.61 Å². The van der Waals surface area contributed by atoms with Gasteiger partial charge >= 0.3 is 0 Å². The molecule has 2 rings (SSSR count). The lowest BCUT2D eigenvalue weighted by molar-refractivity contribution is 0.212. The van der Waals surface area contributed by atoms with Crippen LogP contribution >= 0.6 is 0 Å². The van der Waals surface area contributed by atoms with Crippen LogP contribution < -0.4 is 0 Å². The van der Waals surface area contributed by atoms with Crippen molar-refractivity contribution >= 4 is 0 Å². The molecule has 0 aliphatic heterocycles. The summed E-state index contributed by atoms with van der Waals surface area (Å²) in [4.78, 5) is 0. The van der Waals surface area contributed by atoms with Crippen molar-refractivity contribution in [2.24, 2.45) is 11.3 Å². The van der Waals surface area contributed by atoms with Crippen LogP contribution in [0.5, 0.6) is 0 Å². The van der Waals surface area contributed by atoms with Gasteiger partial charge in [-0.3, -0.25) is 0 Å². The number of allylic oxidation sites excluding steroid dienone is 1. The molecule has 2 aliphatic carbocycles. The molecule has 80 valence electrons. The van der Waals surface area contributed by atoms with Gasteiger partial charge in [-0.1, -0.05) is 25.0 Å². The zero-order valence-electron chi connectivity index (χ0n) is 9.47. The summed E-state index contributed by atoms with van der Waals surface area (Å²) in [6.45, 7) is 5.12. The number of rotatable bonds is 1. The smallest absolute Gasteiger partial charge is 0.0496 e. The maximum absolute atomic E-state index is 9.37. The fraction of sp³-hybridized carbons (Fsp3) is 0.846. The van der Waals surface area contributed by atoms with Gasteiger partial charge in [0, 0.05) is 12.5 Å². The Bertz CT molecular complexity index is 250. The molecule has 0 spiro atoms. The first-order valence-electron chi connectivity index (χ1n) is 5.98. The fourth-order valence-corrected chi connectivity index (χ4v) is 3.31. The molecule has 0 aromatic rings. The molecule has 1 unspecified atom stereocenters. The summed E-state index contributed by atoms with van der Waals surface area (Å²) >= 11 is 0. The van der Waals surface area contributed by atoms with E-state index in [2.05, 4.69) is 13.8 Å². The molecule has 0 amide bonds. The van der Waals surface area contributed by atoms with E-state index in [0.29, 0.717) is 17.9 Å². The van der Waals surface area contributed by atoms with Crippen LogP contribution in [0.1, 0.15) is 52.4 Å². The summed E-state index contributed by atoms with van der Waals surface area (Å²) in [5, 5.41) is 9.37. The SMILES string of the molecule is CC1(C)CCCC2=C1CCCC2CO. The molecular formula is C13H22O.